The second-order valence-corrected chi connectivity index (χ2v) is 5.76. The molecule has 0 unspecified atom stereocenters. The van der Waals surface area contributed by atoms with Crippen molar-refractivity contribution >= 4 is 23.9 Å². The summed E-state index contributed by atoms with van der Waals surface area (Å²) in [4.78, 5) is 12.0. The summed E-state index contributed by atoms with van der Waals surface area (Å²) in [7, 11) is 1.57. The van der Waals surface area contributed by atoms with Crippen LogP contribution in [0, 0.1) is 4.77 Å². The molecule has 1 aromatic heterocycles. The minimum absolute atomic E-state index is 0.276. The van der Waals surface area contributed by atoms with Crippen molar-refractivity contribution in [3.63, 3.8) is 0 Å². The van der Waals surface area contributed by atoms with Crippen LogP contribution in [-0.2, 0) is 6.42 Å². The highest BCUT2D eigenvalue weighted by atomic mass is 32.1. The highest BCUT2D eigenvalue weighted by Crippen LogP contribution is 2.35. The van der Waals surface area contributed by atoms with E-state index in [0.717, 1.165) is 18.7 Å². The molecule has 3 N–H and O–H groups in total. The first kappa shape index (κ1) is 15.5. The van der Waals surface area contributed by atoms with Crippen molar-refractivity contribution in [2.45, 2.75) is 25.3 Å². The second-order valence-electron chi connectivity index (χ2n) is 5.38. The van der Waals surface area contributed by atoms with Gasteiger partial charge in [0.15, 0.2) is 4.77 Å². The molecule has 1 aromatic carbocycles. The van der Waals surface area contributed by atoms with Crippen molar-refractivity contribution in [2.75, 3.05) is 19.0 Å². The van der Waals surface area contributed by atoms with Gasteiger partial charge in [0.05, 0.1) is 12.8 Å². The largest absolute Gasteiger partial charge is 0.495 e. The first-order chi connectivity index (χ1) is 11.2. The standard InChI is InChI=1S/C15H19N5O2S/c1-22-12-5-3-2-4-11(12)17-14(21)16-9-8-13-18-19-15(23)20(13)10-6-7-10/h2-5,10H,6-9H2,1H3,(H,19,23)(H2,16,17,21). The lowest BCUT2D eigenvalue weighted by Crippen LogP contribution is -2.31. The topological polar surface area (TPSA) is 84.0 Å². The maximum absolute atomic E-state index is 12.0. The van der Waals surface area contributed by atoms with Gasteiger partial charge in [0.1, 0.15) is 11.6 Å². The lowest BCUT2D eigenvalue weighted by atomic mass is 10.3. The highest BCUT2D eigenvalue weighted by Gasteiger charge is 2.26. The summed E-state index contributed by atoms with van der Waals surface area (Å²) in [5, 5.41) is 12.7. The number of hydrogen-bond acceptors (Lipinski definition) is 4. The van der Waals surface area contributed by atoms with Crippen LogP contribution in [-0.4, -0.2) is 34.5 Å². The number of urea groups is 1. The Morgan fingerprint density at radius 1 is 1.48 bits per heavy atom. The average Bonchev–Trinajstić information content (AvgIpc) is 3.32. The Labute approximate surface area is 139 Å². The van der Waals surface area contributed by atoms with Gasteiger partial charge in [-0.2, -0.15) is 5.10 Å². The third-order valence-electron chi connectivity index (χ3n) is 3.68. The Balaban J connectivity index is 1.53. The molecule has 1 heterocycles. The number of amides is 2. The fraction of sp³-hybridized carbons (Fsp3) is 0.400. The van der Waals surface area contributed by atoms with E-state index in [1.165, 1.54) is 0 Å². The Morgan fingerprint density at radius 2 is 2.26 bits per heavy atom. The molecule has 2 aromatic rings. The van der Waals surface area contributed by atoms with Gasteiger partial charge in [0, 0.05) is 19.0 Å². The number of ether oxygens (including phenoxy) is 1. The monoisotopic (exact) mass is 333 g/mol. The lowest BCUT2D eigenvalue weighted by Gasteiger charge is -2.11. The van der Waals surface area contributed by atoms with Gasteiger partial charge in [0.2, 0.25) is 0 Å². The molecule has 0 radical (unpaired) electrons. The van der Waals surface area contributed by atoms with Crippen LogP contribution in [0.4, 0.5) is 10.5 Å². The number of nitrogens with one attached hydrogen (secondary N) is 3. The smallest absolute Gasteiger partial charge is 0.319 e. The van der Waals surface area contributed by atoms with E-state index in [1.807, 2.05) is 12.1 Å². The quantitative estimate of drug-likeness (QED) is 0.710. The lowest BCUT2D eigenvalue weighted by molar-refractivity contribution is 0.252. The van der Waals surface area contributed by atoms with Gasteiger partial charge in [-0.1, -0.05) is 12.1 Å². The van der Waals surface area contributed by atoms with Crippen LogP contribution >= 0.6 is 12.2 Å². The third kappa shape index (κ3) is 3.70. The second kappa shape index (κ2) is 6.82. The number of carbonyl (C=O) groups is 1. The number of aromatic amines is 1. The zero-order valence-corrected chi connectivity index (χ0v) is 13.7. The van der Waals surface area contributed by atoms with Gasteiger partial charge in [-0.25, -0.2) is 4.79 Å². The number of aromatic nitrogens is 3. The van der Waals surface area contributed by atoms with E-state index in [9.17, 15) is 4.79 Å². The number of H-pyrrole nitrogens is 1. The predicted octanol–water partition coefficient (Wildman–Crippen LogP) is 2.65. The predicted molar refractivity (Wildman–Crippen MR) is 89.4 cm³/mol. The van der Waals surface area contributed by atoms with E-state index in [2.05, 4.69) is 25.4 Å². The van der Waals surface area contributed by atoms with Crippen LogP contribution < -0.4 is 15.4 Å². The minimum Gasteiger partial charge on any atom is -0.495 e. The Hall–Kier alpha value is -2.35. The maximum Gasteiger partial charge on any atom is 0.319 e. The van der Waals surface area contributed by atoms with Gasteiger partial charge in [-0.15, -0.1) is 0 Å². The van der Waals surface area contributed by atoms with E-state index in [0.29, 0.717) is 35.2 Å². The molecule has 0 bridgehead atoms. The molecule has 1 fully saturated rings. The Morgan fingerprint density at radius 3 is 3.00 bits per heavy atom. The molecule has 23 heavy (non-hydrogen) atoms. The van der Waals surface area contributed by atoms with Crippen molar-refractivity contribution < 1.29 is 9.53 Å². The highest BCUT2D eigenvalue weighted by molar-refractivity contribution is 7.71. The minimum atomic E-state index is -0.276. The summed E-state index contributed by atoms with van der Waals surface area (Å²) in [5.74, 6) is 1.51. The first-order valence-corrected chi connectivity index (χ1v) is 7.93. The summed E-state index contributed by atoms with van der Waals surface area (Å²) in [5.41, 5.74) is 0.633. The normalized spacial score (nSPS) is 13.6. The molecule has 0 saturated heterocycles. The summed E-state index contributed by atoms with van der Waals surface area (Å²) >= 11 is 5.24. The van der Waals surface area contributed by atoms with E-state index >= 15 is 0 Å². The van der Waals surface area contributed by atoms with Crippen LogP contribution in [0.15, 0.2) is 24.3 Å². The number of nitrogens with zero attached hydrogens (tertiary/aromatic N) is 2. The maximum atomic E-state index is 12.0. The van der Waals surface area contributed by atoms with Crippen LogP contribution in [0.5, 0.6) is 5.75 Å². The van der Waals surface area contributed by atoms with Gasteiger partial charge < -0.3 is 19.9 Å². The molecule has 122 valence electrons. The van der Waals surface area contributed by atoms with Gasteiger partial charge in [-0.05, 0) is 37.2 Å². The van der Waals surface area contributed by atoms with Crippen molar-refractivity contribution in [2.24, 2.45) is 0 Å². The van der Waals surface area contributed by atoms with Crippen molar-refractivity contribution in [3.05, 3.63) is 34.9 Å². The zero-order chi connectivity index (χ0) is 16.2. The third-order valence-corrected chi connectivity index (χ3v) is 3.97. The van der Waals surface area contributed by atoms with E-state index in [4.69, 9.17) is 17.0 Å². The number of carbonyl (C=O) groups excluding carboxylic acids is 1. The molecule has 3 rings (SSSR count). The van der Waals surface area contributed by atoms with Crippen molar-refractivity contribution in [1.29, 1.82) is 0 Å². The van der Waals surface area contributed by atoms with Crippen LogP contribution in [0.25, 0.3) is 0 Å². The number of anilines is 1. The summed E-state index contributed by atoms with van der Waals surface area (Å²) in [6.07, 6.45) is 2.91. The average molecular weight is 333 g/mol. The van der Waals surface area contributed by atoms with Crippen LogP contribution in [0.3, 0.4) is 0 Å². The van der Waals surface area contributed by atoms with Gasteiger partial charge in [-0.3, -0.25) is 5.10 Å². The van der Waals surface area contributed by atoms with Gasteiger partial charge >= 0.3 is 6.03 Å². The fourth-order valence-electron chi connectivity index (χ4n) is 2.43. The molecule has 0 atom stereocenters. The first-order valence-electron chi connectivity index (χ1n) is 7.52. The molecule has 0 spiro atoms. The SMILES string of the molecule is COc1ccccc1NC(=O)NCCc1n[nH]c(=S)n1C1CC1. The van der Waals surface area contributed by atoms with Gasteiger partial charge in [0.25, 0.3) is 0 Å². The number of para-hydroxylation sites is 2. The molecule has 1 aliphatic rings. The fourth-order valence-corrected chi connectivity index (χ4v) is 2.73. The van der Waals surface area contributed by atoms with Crippen molar-refractivity contribution in [1.82, 2.24) is 20.1 Å². The number of hydrogen-bond donors (Lipinski definition) is 3. The van der Waals surface area contributed by atoms with Crippen LogP contribution in [0.2, 0.25) is 0 Å². The molecule has 1 saturated carbocycles. The number of benzene rings is 1. The van der Waals surface area contributed by atoms with E-state index in [-0.39, 0.29) is 6.03 Å². The summed E-state index contributed by atoms with van der Waals surface area (Å²) in [6, 6.07) is 7.47. The summed E-state index contributed by atoms with van der Waals surface area (Å²) < 4.78 is 7.90. The van der Waals surface area contributed by atoms with Crippen molar-refractivity contribution in [3.8, 4) is 5.75 Å². The molecular weight excluding hydrogens is 314 g/mol. The van der Waals surface area contributed by atoms with E-state index < -0.39 is 0 Å². The molecule has 8 heteroatoms. The summed E-state index contributed by atoms with van der Waals surface area (Å²) in [6.45, 7) is 0.479. The zero-order valence-electron chi connectivity index (χ0n) is 12.8. The molecule has 0 aliphatic heterocycles. The Bertz CT molecular complexity index is 750. The number of methoxy groups -OCH3 is 1. The molecule has 2 amide bonds. The molecule has 1 aliphatic carbocycles. The molecule has 7 nitrogen and oxygen atoms in total. The van der Waals surface area contributed by atoms with Crippen LogP contribution in [0.1, 0.15) is 24.7 Å². The van der Waals surface area contributed by atoms with E-state index in [1.54, 1.807) is 19.2 Å². The Kier molecular flexibility index (Phi) is 4.61. The molecular formula is C15H19N5O2S. The number of rotatable bonds is 6.